The van der Waals surface area contributed by atoms with Gasteiger partial charge in [0, 0.05) is 40.9 Å². The number of carbonyl (C=O) groups is 1. The van der Waals surface area contributed by atoms with E-state index in [0.717, 1.165) is 21.2 Å². The summed E-state index contributed by atoms with van der Waals surface area (Å²) in [5.74, 6) is 1.87. The van der Waals surface area contributed by atoms with Crippen LogP contribution in [0.5, 0.6) is 17.2 Å². The minimum atomic E-state index is -1.43. The number of methoxy groups -OCH3 is 2. The van der Waals surface area contributed by atoms with Crippen LogP contribution < -0.4 is 19.5 Å². The van der Waals surface area contributed by atoms with Gasteiger partial charge in [0.25, 0.3) is 5.91 Å². The molecule has 0 spiro atoms. The van der Waals surface area contributed by atoms with Gasteiger partial charge in [0.15, 0.2) is 23.1 Å². The normalized spacial score (nSPS) is 16.6. The molecular formula is C37H38BrN5O6. The maximum Gasteiger partial charge on any atom is 0.252 e. The van der Waals surface area contributed by atoms with Crippen molar-refractivity contribution in [3.05, 3.63) is 134 Å². The fourth-order valence-electron chi connectivity index (χ4n) is 5.72. The molecule has 0 bridgehead atoms. The fraction of sp³-hybridized carbons (Fsp3) is 0.297. The molecule has 2 N–H and O–H groups in total. The van der Waals surface area contributed by atoms with Crippen LogP contribution in [0.1, 0.15) is 40.3 Å². The van der Waals surface area contributed by atoms with Crippen molar-refractivity contribution in [2.75, 3.05) is 34.0 Å². The van der Waals surface area contributed by atoms with Gasteiger partial charge >= 0.3 is 0 Å². The van der Waals surface area contributed by atoms with Crippen molar-refractivity contribution >= 4 is 27.7 Å². The largest absolute Gasteiger partial charge is 0.494 e. The molecule has 0 radical (unpaired) electrons. The summed E-state index contributed by atoms with van der Waals surface area (Å²) in [6.45, 7) is 0.838. The van der Waals surface area contributed by atoms with E-state index in [4.69, 9.17) is 34.6 Å². The zero-order valence-electron chi connectivity index (χ0n) is 27.3. The van der Waals surface area contributed by atoms with E-state index >= 15 is 0 Å². The Balaban J connectivity index is 1.54. The summed E-state index contributed by atoms with van der Waals surface area (Å²) in [6.07, 6.45) is 0.439. The highest BCUT2D eigenvalue weighted by atomic mass is 79.9. The molecule has 1 aliphatic rings. The number of rotatable bonds is 16. The number of benzene rings is 4. The molecule has 1 aliphatic heterocycles. The number of amides is 1. The summed E-state index contributed by atoms with van der Waals surface area (Å²) in [5, 5.41) is 16.1. The van der Waals surface area contributed by atoms with Gasteiger partial charge in [-0.2, -0.15) is 0 Å². The summed E-state index contributed by atoms with van der Waals surface area (Å²) in [6, 6.07) is 28.2. The summed E-state index contributed by atoms with van der Waals surface area (Å²) < 4.78 is 24.2. The number of nitrogens with zero attached hydrogens (tertiary/aromatic N) is 4. The predicted molar refractivity (Wildman–Crippen MR) is 190 cm³/mol. The summed E-state index contributed by atoms with van der Waals surface area (Å²) >= 11 is 3.51. The smallest absolute Gasteiger partial charge is 0.252 e. The maximum atomic E-state index is 14.7. The van der Waals surface area contributed by atoms with Crippen LogP contribution in [0.4, 0.5) is 0 Å². The van der Waals surface area contributed by atoms with Crippen molar-refractivity contribution < 1.29 is 28.8 Å². The van der Waals surface area contributed by atoms with E-state index in [2.05, 4.69) is 31.3 Å². The molecule has 1 amide bonds. The molecule has 0 fully saturated rings. The second-order valence-electron chi connectivity index (χ2n) is 11.4. The average molecular weight is 729 g/mol. The molecule has 4 aromatic rings. The molecule has 0 saturated carbocycles. The average Bonchev–Trinajstić information content (AvgIpc) is 3.52. The number of carbonyl (C=O) groups excluding carboxylic acids is 1. The first kappa shape index (κ1) is 35.3. The van der Waals surface area contributed by atoms with Gasteiger partial charge in [-0.3, -0.25) is 4.79 Å². The van der Waals surface area contributed by atoms with Crippen molar-refractivity contribution in [3.8, 4) is 17.2 Å². The first-order chi connectivity index (χ1) is 23.9. The molecule has 11 nitrogen and oxygen atoms in total. The lowest BCUT2D eigenvalue weighted by Gasteiger charge is -2.32. The minimum Gasteiger partial charge on any atom is -0.494 e. The van der Waals surface area contributed by atoms with Crippen LogP contribution in [-0.4, -0.2) is 56.4 Å². The Labute approximate surface area is 293 Å². The lowest BCUT2D eigenvalue weighted by atomic mass is 9.80. The zero-order valence-corrected chi connectivity index (χ0v) is 28.9. The van der Waals surface area contributed by atoms with Crippen LogP contribution in [0, 0.1) is 0 Å². The molecule has 254 valence electrons. The van der Waals surface area contributed by atoms with E-state index in [1.165, 1.54) is 0 Å². The van der Waals surface area contributed by atoms with Crippen molar-refractivity contribution in [1.82, 2.24) is 5.32 Å². The first-order valence-corrected chi connectivity index (χ1v) is 16.6. The third-order valence-corrected chi connectivity index (χ3v) is 8.73. The highest BCUT2D eigenvalue weighted by Gasteiger charge is 2.53. The number of nitrogens with one attached hydrogen (secondary N) is 1. The van der Waals surface area contributed by atoms with Crippen molar-refractivity contribution in [1.29, 1.82) is 0 Å². The monoisotopic (exact) mass is 727 g/mol. The molecule has 5 rings (SSSR count). The van der Waals surface area contributed by atoms with Crippen LogP contribution in [0.25, 0.3) is 10.4 Å². The van der Waals surface area contributed by atoms with Crippen LogP contribution >= 0.6 is 15.9 Å². The van der Waals surface area contributed by atoms with Crippen LogP contribution in [0.2, 0.25) is 0 Å². The second kappa shape index (κ2) is 16.9. The molecule has 12 heteroatoms. The number of aliphatic hydroxyl groups excluding tert-OH is 1. The summed E-state index contributed by atoms with van der Waals surface area (Å²) in [5.41, 5.74) is 11.6. The molecule has 2 atom stereocenters. The second-order valence-corrected chi connectivity index (χ2v) is 12.3. The molecule has 0 aliphatic carbocycles. The van der Waals surface area contributed by atoms with Gasteiger partial charge in [0.2, 0.25) is 5.90 Å². The molecular weight excluding hydrogens is 690 g/mol. The Hall–Kier alpha value is -5.03. The Morgan fingerprint density at radius 3 is 2.47 bits per heavy atom. The topological polar surface area (TPSA) is 147 Å². The maximum absolute atomic E-state index is 14.7. The predicted octanol–water partition coefficient (Wildman–Crippen LogP) is 6.90. The number of hydrogen-bond acceptors (Lipinski definition) is 8. The van der Waals surface area contributed by atoms with Gasteiger partial charge < -0.3 is 29.4 Å². The van der Waals surface area contributed by atoms with Crippen molar-refractivity contribution in [3.63, 3.8) is 0 Å². The Kier molecular flexibility index (Phi) is 12.2. The number of halogens is 1. The van der Waals surface area contributed by atoms with Crippen molar-refractivity contribution in [2.24, 2.45) is 10.1 Å². The molecule has 0 unspecified atom stereocenters. The lowest BCUT2D eigenvalue weighted by Crippen LogP contribution is -2.50. The fourth-order valence-corrected chi connectivity index (χ4v) is 5.99. The van der Waals surface area contributed by atoms with E-state index in [-0.39, 0.29) is 25.5 Å². The number of aliphatic imine (C=N–C) groups is 1. The van der Waals surface area contributed by atoms with Crippen molar-refractivity contribution in [2.45, 2.75) is 37.5 Å². The Bertz CT molecular complexity index is 1810. The Morgan fingerprint density at radius 1 is 1.02 bits per heavy atom. The van der Waals surface area contributed by atoms with Crippen LogP contribution in [0.3, 0.4) is 0 Å². The highest BCUT2D eigenvalue weighted by molar-refractivity contribution is 9.10. The van der Waals surface area contributed by atoms with Gasteiger partial charge in [0.05, 0.1) is 27.4 Å². The van der Waals surface area contributed by atoms with Gasteiger partial charge in [-0.1, -0.05) is 63.5 Å². The highest BCUT2D eigenvalue weighted by Crippen LogP contribution is 2.44. The van der Waals surface area contributed by atoms with E-state index < -0.39 is 11.6 Å². The van der Waals surface area contributed by atoms with Crippen LogP contribution in [0.15, 0.2) is 106 Å². The van der Waals surface area contributed by atoms with E-state index in [9.17, 15) is 4.79 Å². The third kappa shape index (κ3) is 8.53. The minimum absolute atomic E-state index is 0.0437. The number of aliphatic hydroxyl groups is 1. The molecule has 4 aromatic carbocycles. The van der Waals surface area contributed by atoms with E-state index in [1.54, 1.807) is 26.4 Å². The number of ether oxygens (including phenoxy) is 4. The molecule has 0 aromatic heterocycles. The van der Waals surface area contributed by atoms with Crippen LogP contribution in [-0.2, 0) is 28.9 Å². The lowest BCUT2D eigenvalue weighted by molar-refractivity contribution is -0.128. The third-order valence-electron chi connectivity index (χ3n) is 8.21. The van der Waals surface area contributed by atoms with Gasteiger partial charge in [-0.05, 0) is 82.7 Å². The number of azide groups is 1. The SMILES string of the molecule is COc1ccc(CCNC(=O)[C@]2(Cc3ccc(Br)cc3)N=C(c3ccc(OCCCO)cc3)O[C@@H]2c2ccccc2CN=[N+]=[N-])cc1OC. The van der Waals surface area contributed by atoms with E-state index in [0.29, 0.717) is 60.3 Å². The van der Waals surface area contributed by atoms with Gasteiger partial charge in [-0.15, -0.1) is 0 Å². The quantitative estimate of drug-likeness (QED) is 0.0556. The van der Waals surface area contributed by atoms with Gasteiger partial charge in [-0.25, -0.2) is 4.99 Å². The number of hydrogen-bond donors (Lipinski definition) is 2. The standard InChI is InChI=1S/C37H38BrN5O6/c1-46-32-17-10-25(22-33(32)47-2)18-19-40-36(45)37(23-26-8-13-29(38)14-9-26)34(31-7-4-3-6-28(31)24-41-43-39)49-35(42-37)27-11-15-30(16-12-27)48-21-5-20-44/h3-4,6-17,22,34,44H,5,18-21,23-24H2,1-2H3,(H,40,45)/t34-,37-/m1/s1. The summed E-state index contributed by atoms with van der Waals surface area (Å²) in [7, 11) is 3.17. The zero-order chi connectivity index (χ0) is 34.6. The summed E-state index contributed by atoms with van der Waals surface area (Å²) in [4.78, 5) is 22.8. The molecule has 49 heavy (non-hydrogen) atoms. The Morgan fingerprint density at radius 2 is 1.76 bits per heavy atom. The van der Waals surface area contributed by atoms with Gasteiger partial charge in [0.1, 0.15) is 5.75 Å². The first-order valence-electron chi connectivity index (χ1n) is 15.8. The molecule has 1 heterocycles. The van der Waals surface area contributed by atoms with E-state index in [1.807, 2.05) is 78.9 Å². The molecule has 0 saturated heterocycles.